The number of nitrogens with zero attached hydrogens (tertiary/aromatic N) is 1. The van der Waals surface area contributed by atoms with E-state index >= 15 is 0 Å². The second kappa shape index (κ2) is 8.17. The summed E-state index contributed by atoms with van der Waals surface area (Å²) >= 11 is 0. The van der Waals surface area contributed by atoms with Gasteiger partial charge in [0, 0.05) is 6.54 Å². The van der Waals surface area contributed by atoms with Gasteiger partial charge in [-0.2, -0.15) is 0 Å². The molecule has 2 rings (SSSR count). The Morgan fingerprint density at radius 2 is 1.95 bits per heavy atom. The van der Waals surface area contributed by atoms with Crippen molar-refractivity contribution in [2.24, 2.45) is 0 Å². The summed E-state index contributed by atoms with van der Waals surface area (Å²) in [5.74, 6) is 2.62. The molecule has 0 bridgehead atoms. The van der Waals surface area contributed by atoms with Crippen molar-refractivity contribution in [3.05, 3.63) is 47.8 Å². The molecule has 122 valence electrons. The van der Waals surface area contributed by atoms with Crippen LogP contribution in [0.4, 0.5) is 0 Å². The normalized spacial score (nSPS) is 13.2. The summed E-state index contributed by atoms with van der Waals surface area (Å²) in [5, 5.41) is 10.2. The molecule has 0 aromatic carbocycles. The number of hydrogen-bond donors (Lipinski definition) is 1. The van der Waals surface area contributed by atoms with E-state index in [4.69, 9.17) is 13.6 Å². The second-order valence-electron chi connectivity index (χ2n) is 5.80. The molecule has 22 heavy (non-hydrogen) atoms. The Morgan fingerprint density at radius 3 is 2.55 bits per heavy atom. The van der Waals surface area contributed by atoms with E-state index < -0.39 is 6.10 Å². The average molecular weight is 307 g/mol. The van der Waals surface area contributed by atoms with Crippen LogP contribution >= 0.6 is 0 Å². The van der Waals surface area contributed by atoms with Gasteiger partial charge in [0.25, 0.3) is 0 Å². The topological polar surface area (TPSA) is 59.0 Å². The Balaban J connectivity index is 1.94. The smallest absolute Gasteiger partial charge is 0.118 e. The van der Waals surface area contributed by atoms with Gasteiger partial charge in [-0.15, -0.1) is 0 Å². The molecule has 2 aromatic heterocycles. The Hall–Kier alpha value is -1.56. The molecule has 0 radical (unpaired) electrons. The van der Waals surface area contributed by atoms with E-state index in [-0.39, 0.29) is 6.10 Å². The first kappa shape index (κ1) is 16.8. The number of ether oxygens (including phenoxy) is 1. The molecule has 0 spiro atoms. The van der Waals surface area contributed by atoms with Gasteiger partial charge < -0.3 is 18.7 Å². The van der Waals surface area contributed by atoms with Gasteiger partial charge in [0.15, 0.2) is 0 Å². The Labute approximate surface area is 131 Å². The van der Waals surface area contributed by atoms with Crippen molar-refractivity contribution in [1.82, 2.24) is 4.90 Å². The zero-order chi connectivity index (χ0) is 15.9. The highest BCUT2D eigenvalue weighted by Gasteiger charge is 2.16. The molecule has 5 nitrogen and oxygen atoms in total. The maximum Gasteiger partial charge on any atom is 0.118 e. The fraction of sp³-hybridized carbons (Fsp3) is 0.529. The average Bonchev–Trinajstić information content (AvgIpc) is 3.08. The molecule has 0 saturated heterocycles. The molecular formula is C17H25NO4. The molecule has 2 aromatic rings. The highest BCUT2D eigenvalue weighted by atomic mass is 16.5. The van der Waals surface area contributed by atoms with E-state index in [0.717, 1.165) is 17.3 Å². The molecule has 0 aliphatic carbocycles. The molecular weight excluding hydrogens is 282 g/mol. The Bertz CT molecular complexity index is 533. The van der Waals surface area contributed by atoms with Crippen molar-refractivity contribution in [1.29, 1.82) is 0 Å². The van der Waals surface area contributed by atoms with E-state index in [2.05, 4.69) is 4.90 Å². The third-order valence-electron chi connectivity index (χ3n) is 3.23. The standard InChI is InChI=1S/C17H25NO4/c1-13(2)21-12-15(19)9-18(10-16-5-4-8-20-16)11-17-7-6-14(3)22-17/h4-8,13,15,19H,9-12H2,1-3H3/t15-/m0/s1. The largest absolute Gasteiger partial charge is 0.468 e. The monoisotopic (exact) mass is 307 g/mol. The lowest BCUT2D eigenvalue weighted by Gasteiger charge is -2.23. The van der Waals surface area contributed by atoms with Crippen LogP contribution in [0.5, 0.6) is 0 Å². The van der Waals surface area contributed by atoms with Crippen LogP contribution < -0.4 is 0 Å². The van der Waals surface area contributed by atoms with Crippen molar-refractivity contribution < 1.29 is 18.7 Å². The van der Waals surface area contributed by atoms with Crippen LogP contribution in [-0.2, 0) is 17.8 Å². The van der Waals surface area contributed by atoms with Gasteiger partial charge >= 0.3 is 0 Å². The fourth-order valence-corrected chi connectivity index (χ4v) is 2.25. The summed E-state index contributed by atoms with van der Waals surface area (Å²) in [6.45, 7) is 7.89. The molecule has 0 saturated carbocycles. The minimum atomic E-state index is -0.548. The van der Waals surface area contributed by atoms with Gasteiger partial charge in [0.05, 0.1) is 38.2 Å². The number of furan rings is 2. The minimum Gasteiger partial charge on any atom is -0.468 e. The quantitative estimate of drug-likeness (QED) is 0.772. The van der Waals surface area contributed by atoms with E-state index in [9.17, 15) is 5.11 Å². The van der Waals surface area contributed by atoms with Gasteiger partial charge in [-0.25, -0.2) is 0 Å². The summed E-state index contributed by atoms with van der Waals surface area (Å²) < 4.78 is 16.5. The van der Waals surface area contributed by atoms with Gasteiger partial charge in [-0.3, -0.25) is 4.90 Å². The van der Waals surface area contributed by atoms with E-state index in [1.807, 2.05) is 45.0 Å². The number of aliphatic hydroxyl groups is 1. The van der Waals surface area contributed by atoms with Crippen LogP contribution in [0.3, 0.4) is 0 Å². The summed E-state index contributed by atoms with van der Waals surface area (Å²) in [4.78, 5) is 2.09. The molecule has 0 amide bonds. The lowest BCUT2D eigenvalue weighted by Crippen LogP contribution is -2.34. The van der Waals surface area contributed by atoms with Crippen molar-refractivity contribution in [2.75, 3.05) is 13.2 Å². The molecule has 5 heteroatoms. The lowest BCUT2D eigenvalue weighted by molar-refractivity contribution is -0.0121. The minimum absolute atomic E-state index is 0.112. The molecule has 2 heterocycles. The molecule has 0 aliphatic heterocycles. The van der Waals surface area contributed by atoms with E-state index in [1.165, 1.54) is 0 Å². The van der Waals surface area contributed by atoms with Gasteiger partial charge in [0.1, 0.15) is 17.3 Å². The number of aryl methyl sites for hydroxylation is 1. The van der Waals surface area contributed by atoms with Crippen LogP contribution in [0.1, 0.15) is 31.1 Å². The zero-order valence-corrected chi connectivity index (χ0v) is 13.5. The highest BCUT2D eigenvalue weighted by Crippen LogP contribution is 2.13. The van der Waals surface area contributed by atoms with Crippen molar-refractivity contribution in [3.8, 4) is 0 Å². The summed E-state index contributed by atoms with van der Waals surface area (Å²) in [6, 6.07) is 7.69. The molecule has 1 N–H and O–H groups in total. The van der Waals surface area contributed by atoms with Crippen LogP contribution in [0.2, 0.25) is 0 Å². The van der Waals surface area contributed by atoms with E-state index in [1.54, 1.807) is 6.26 Å². The summed E-state index contributed by atoms with van der Waals surface area (Å²) in [5.41, 5.74) is 0. The van der Waals surface area contributed by atoms with Crippen LogP contribution in [-0.4, -0.2) is 35.4 Å². The first-order valence-corrected chi connectivity index (χ1v) is 7.62. The Kier molecular flexibility index (Phi) is 6.24. The predicted octanol–water partition coefficient (Wildman–Crippen LogP) is 2.97. The third kappa shape index (κ3) is 5.67. The van der Waals surface area contributed by atoms with E-state index in [0.29, 0.717) is 26.2 Å². The van der Waals surface area contributed by atoms with Gasteiger partial charge in [0.2, 0.25) is 0 Å². The first-order valence-electron chi connectivity index (χ1n) is 7.62. The third-order valence-corrected chi connectivity index (χ3v) is 3.23. The molecule has 0 unspecified atom stereocenters. The molecule has 1 atom stereocenters. The number of aliphatic hydroxyl groups excluding tert-OH is 1. The predicted molar refractivity (Wildman–Crippen MR) is 83.4 cm³/mol. The number of rotatable bonds is 9. The zero-order valence-electron chi connectivity index (χ0n) is 13.5. The molecule has 0 aliphatic rings. The maximum absolute atomic E-state index is 10.2. The highest BCUT2D eigenvalue weighted by molar-refractivity contribution is 5.06. The van der Waals surface area contributed by atoms with Crippen molar-refractivity contribution in [3.63, 3.8) is 0 Å². The maximum atomic E-state index is 10.2. The first-order chi connectivity index (χ1) is 10.5. The SMILES string of the molecule is Cc1ccc(CN(Cc2ccco2)C[C@H](O)COC(C)C)o1. The van der Waals surface area contributed by atoms with Gasteiger partial charge in [-0.1, -0.05) is 0 Å². The number of hydrogen-bond acceptors (Lipinski definition) is 5. The Morgan fingerprint density at radius 1 is 1.18 bits per heavy atom. The van der Waals surface area contributed by atoms with Crippen molar-refractivity contribution in [2.45, 2.75) is 46.1 Å². The van der Waals surface area contributed by atoms with Crippen LogP contribution in [0, 0.1) is 6.92 Å². The van der Waals surface area contributed by atoms with Gasteiger partial charge in [-0.05, 0) is 45.0 Å². The van der Waals surface area contributed by atoms with Crippen molar-refractivity contribution >= 4 is 0 Å². The summed E-state index contributed by atoms with van der Waals surface area (Å²) in [6.07, 6.45) is 1.22. The summed E-state index contributed by atoms with van der Waals surface area (Å²) in [7, 11) is 0. The fourth-order valence-electron chi connectivity index (χ4n) is 2.25. The van der Waals surface area contributed by atoms with Crippen LogP contribution in [0.25, 0.3) is 0 Å². The molecule has 0 fully saturated rings. The van der Waals surface area contributed by atoms with Crippen LogP contribution in [0.15, 0.2) is 39.4 Å². The lowest BCUT2D eigenvalue weighted by atomic mass is 10.3. The second-order valence-corrected chi connectivity index (χ2v) is 5.80.